The Labute approximate surface area is 113 Å². The molecule has 5 nitrogen and oxygen atoms in total. The van der Waals surface area contributed by atoms with Gasteiger partial charge in [-0.05, 0) is 31.1 Å². The fraction of sp³-hybridized carbons (Fsp3) is 0.857. The molecule has 0 atom stereocenters. The molecule has 0 heterocycles. The molecule has 0 aromatic heterocycles. The molecule has 5 heteroatoms. The number of methoxy groups -OCH3 is 1. The summed E-state index contributed by atoms with van der Waals surface area (Å²) in [4.78, 5) is 23.0. The van der Waals surface area contributed by atoms with E-state index >= 15 is 0 Å². The molecule has 0 radical (unpaired) electrons. The molecule has 19 heavy (non-hydrogen) atoms. The first-order valence-corrected chi connectivity index (χ1v) is 7.07. The van der Waals surface area contributed by atoms with Gasteiger partial charge in [-0.15, -0.1) is 0 Å². The van der Waals surface area contributed by atoms with Crippen LogP contribution in [0, 0.1) is 5.41 Å². The molecule has 1 amide bonds. The predicted octanol–water partition coefficient (Wildman–Crippen LogP) is 1.71. The van der Waals surface area contributed by atoms with E-state index in [1.807, 2.05) is 0 Å². The van der Waals surface area contributed by atoms with E-state index in [9.17, 15) is 9.59 Å². The van der Waals surface area contributed by atoms with Crippen LogP contribution in [0.15, 0.2) is 0 Å². The van der Waals surface area contributed by atoms with Gasteiger partial charge in [0, 0.05) is 19.6 Å². The third-order valence-electron chi connectivity index (χ3n) is 4.52. The Balaban J connectivity index is 1.81. The highest BCUT2D eigenvalue weighted by Crippen LogP contribution is 2.44. The number of carboxylic acids is 1. The Bertz CT molecular complexity index is 343. The fourth-order valence-corrected chi connectivity index (χ4v) is 3.36. The lowest BCUT2D eigenvalue weighted by atomic mass is 9.79. The minimum atomic E-state index is -0.794. The lowest BCUT2D eigenvalue weighted by molar-refractivity contribution is -0.140. The standard InChI is InChI=1S/C14H23NO4/c1-19-11-6-10(7-11)15-12(16)8-14(9-13(17)18)4-2-3-5-14/h10-11H,2-9H2,1H3,(H,15,16)(H,17,18). The zero-order valence-electron chi connectivity index (χ0n) is 11.5. The van der Waals surface area contributed by atoms with Crippen molar-refractivity contribution in [2.45, 2.75) is 63.5 Å². The van der Waals surface area contributed by atoms with Crippen LogP contribution in [-0.4, -0.2) is 36.2 Å². The number of carbonyl (C=O) groups excluding carboxylic acids is 1. The van der Waals surface area contributed by atoms with Gasteiger partial charge in [0.1, 0.15) is 0 Å². The summed E-state index contributed by atoms with van der Waals surface area (Å²) >= 11 is 0. The molecule has 0 spiro atoms. The van der Waals surface area contributed by atoms with E-state index in [1.165, 1.54) is 0 Å². The lowest BCUT2D eigenvalue weighted by Gasteiger charge is -2.35. The van der Waals surface area contributed by atoms with Crippen molar-refractivity contribution in [2.24, 2.45) is 5.41 Å². The van der Waals surface area contributed by atoms with Crippen LogP contribution in [0.3, 0.4) is 0 Å². The van der Waals surface area contributed by atoms with Crippen LogP contribution in [-0.2, 0) is 14.3 Å². The van der Waals surface area contributed by atoms with E-state index in [2.05, 4.69) is 5.32 Å². The highest BCUT2D eigenvalue weighted by molar-refractivity contribution is 5.78. The second kappa shape index (κ2) is 5.90. The smallest absolute Gasteiger partial charge is 0.303 e. The number of aliphatic carboxylic acids is 1. The predicted molar refractivity (Wildman–Crippen MR) is 69.7 cm³/mol. The molecule has 2 N–H and O–H groups in total. The fourth-order valence-electron chi connectivity index (χ4n) is 3.36. The molecule has 2 fully saturated rings. The maximum absolute atomic E-state index is 12.0. The van der Waals surface area contributed by atoms with E-state index < -0.39 is 5.97 Å². The molecule has 0 bridgehead atoms. The highest BCUT2D eigenvalue weighted by Gasteiger charge is 2.39. The van der Waals surface area contributed by atoms with Gasteiger partial charge in [-0.1, -0.05) is 12.8 Å². The maximum atomic E-state index is 12.0. The topological polar surface area (TPSA) is 75.6 Å². The second-order valence-corrected chi connectivity index (χ2v) is 6.05. The first-order chi connectivity index (χ1) is 9.03. The molecular formula is C14H23NO4. The number of amides is 1. The number of carboxylic acid groups (broad SMARTS) is 1. The number of rotatable bonds is 6. The van der Waals surface area contributed by atoms with Gasteiger partial charge in [0.25, 0.3) is 0 Å². The number of carbonyl (C=O) groups is 2. The third-order valence-corrected chi connectivity index (χ3v) is 4.52. The van der Waals surface area contributed by atoms with Gasteiger partial charge in [0.15, 0.2) is 0 Å². The summed E-state index contributed by atoms with van der Waals surface area (Å²) in [7, 11) is 1.68. The van der Waals surface area contributed by atoms with Crippen LogP contribution in [0.2, 0.25) is 0 Å². The SMILES string of the molecule is COC1CC(NC(=O)CC2(CC(=O)O)CCCC2)C1. The van der Waals surface area contributed by atoms with Crippen molar-refractivity contribution in [1.29, 1.82) is 0 Å². The molecule has 108 valence electrons. The third kappa shape index (κ3) is 3.69. The molecule has 2 aliphatic carbocycles. The Hall–Kier alpha value is -1.10. The van der Waals surface area contributed by atoms with Crippen molar-refractivity contribution in [3.63, 3.8) is 0 Å². The molecule has 2 aliphatic rings. The summed E-state index contributed by atoms with van der Waals surface area (Å²) in [6.07, 6.45) is 6.27. The van der Waals surface area contributed by atoms with Crippen molar-refractivity contribution in [3.8, 4) is 0 Å². The van der Waals surface area contributed by atoms with E-state index in [0.717, 1.165) is 38.5 Å². The summed E-state index contributed by atoms with van der Waals surface area (Å²) in [6.45, 7) is 0. The van der Waals surface area contributed by atoms with Gasteiger partial charge in [0.2, 0.25) is 5.91 Å². The van der Waals surface area contributed by atoms with Crippen molar-refractivity contribution < 1.29 is 19.4 Å². The molecular weight excluding hydrogens is 246 g/mol. The molecule has 0 unspecified atom stereocenters. The number of hydrogen-bond acceptors (Lipinski definition) is 3. The van der Waals surface area contributed by atoms with Gasteiger partial charge in [-0.3, -0.25) is 9.59 Å². The monoisotopic (exact) mass is 269 g/mol. The van der Waals surface area contributed by atoms with Gasteiger partial charge >= 0.3 is 5.97 Å². The van der Waals surface area contributed by atoms with Crippen LogP contribution in [0.5, 0.6) is 0 Å². The summed E-state index contributed by atoms with van der Waals surface area (Å²) in [5, 5.41) is 12.0. The van der Waals surface area contributed by atoms with Crippen LogP contribution < -0.4 is 5.32 Å². The summed E-state index contributed by atoms with van der Waals surface area (Å²) in [5.41, 5.74) is -0.305. The zero-order chi connectivity index (χ0) is 13.9. The van der Waals surface area contributed by atoms with Crippen molar-refractivity contribution >= 4 is 11.9 Å². The Morgan fingerprint density at radius 1 is 1.26 bits per heavy atom. The van der Waals surface area contributed by atoms with Gasteiger partial charge < -0.3 is 15.2 Å². The van der Waals surface area contributed by atoms with Crippen molar-refractivity contribution in [3.05, 3.63) is 0 Å². The van der Waals surface area contributed by atoms with Gasteiger partial charge in [-0.2, -0.15) is 0 Å². The summed E-state index contributed by atoms with van der Waals surface area (Å²) < 4.78 is 5.17. The maximum Gasteiger partial charge on any atom is 0.303 e. The number of hydrogen-bond donors (Lipinski definition) is 2. The molecule has 0 aromatic carbocycles. The Morgan fingerprint density at radius 3 is 2.42 bits per heavy atom. The normalized spacial score (nSPS) is 28.7. The molecule has 0 aromatic rings. The minimum Gasteiger partial charge on any atom is -0.481 e. The van der Waals surface area contributed by atoms with Crippen molar-refractivity contribution in [1.82, 2.24) is 5.32 Å². The average molecular weight is 269 g/mol. The van der Waals surface area contributed by atoms with Gasteiger partial charge in [-0.25, -0.2) is 0 Å². The van der Waals surface area contributed by atoms with Gasteiger partial charge in [0.05, 0.1) is 12.5 Å². The lowest BCUT2D eigenvalue weighted by Crippen LogP contribution is -2.48. The van der Waals surface area contributed by atoms with Crippen LogP contribution >= 0.6 is 0 Å². The summed E-state index contributed by atoms with van der Waals surface area (Å²) in [5.74, 6) is -0.791. The van der Waals surface area contributed by atoms with E-state index in [0.29, 0.717) is 6.42 Å². The number of nitrogens with one attached hydrogen (secondary N) is 1. The highest BCUT2D eigenvalue weighted by atomic mass is 16.5. The molecule has 2 rings (SSSR count). The Kier molecular flexibility index (Phi) is 4.45. The van der Waals surface area contributed by atoms with Crippen LogP contribution in [0.4, 0.5) is 0 Å². The summed E-state index contributed by atoms with van der Waals surface area (Å²) in [6, 6.07) is 0.209. The average Bonchev–Trinajstić information content (AvgIpc) is 2.69. The zero-order valence-corrected chi connectivity index (χ0v) is 11.5. The minimum absolute atomic E-state index is 0.00250. The second-order valence-electron chi connectivity index (χ2n) is 6.05. The first-order valence-electron chi connectivity index (χ1n) is 7.07. The largest absolute Gasteiger partial charge is 0.481 e. The Morgan fingerprint density at radius 2 is 1.89 bits per heavy atom. The first kappa shape index (κ1) is 14.3. The van der Waals surface area contributed by atoms with Crippen LogP contribution in [0.25, 0.3) is 0 Å². The van der Waals surface area contributed by atoms with Crippen molar-refractivity contribution in [2.75, 3.05) is 7.11 Å². The molecule has 0 aliphatic heterocycles. The molecule has 0 saturated heterocycles. The van der Waals surface area contributed by atoms with Crippen LogP contribution in [0.1, 0.15) is 51.4 Å². The number of ether oxygens (including phenoxy) is 1. The quantitative estimate of drug-likeness (QED) is 0.769. The van der Waals surface area contributed by atoms with E-state index in [-0.39, 0.29) is 29.9 Å². The van der Waals surface area contributed by atoms with E-state index in [4.69, 9.17) is 9.84 Å². The van der Waals surface area contributed by atoms with E-state index in [1.54, 1.807) is 7.11 Å². The molecule has 2 saturated carbocycles.